The van der Waals surface area contributed by atoms with Crippen LogP contribution in [0.4, 0.5) is 47.2 Å². The van der Waals surface area contributed by atoms with E-state index < -0.39 is 11.2 Å². The smallest absolute Gasteiger partial charge is 0.410 e. The number of esters is 2. The minimum Gasteiger partial charge on any atom is -0.469 e. The Labute approximate surface area is 838 Å². The van der Waals surface area contributed by atoms with Gasteiger partial charge in [-0.2, -0.15) is 0 Å². The van der Waals surface area contributed by atoms with Crippen LogP contribution < -0.4 is 46.6 Å². The molecule has 139 heavy (non-hydrogen) atoms. The number of nitrogens with zero attached hydrogens (tertiary/aromatic N) is 13. The van der Waals surface area contributed by atoms with Crippen LogP contribution in [0.15, 0.2) is 150 Å². The third-order valence-corrected chi connectivity index (χ3v) is 30.0. The SMILES string of the molecule is CC(C)(C)OC(=O)N1CCC(c2cccc(CC(=O)Nc3nnc([C@H]4CCC[C@H](c5nnc(NC(=O)Cc6cccc(C7CCN(C(=O)OC(C)(C)C)CC7)c6)s5)C4)s3)c2)CC1.COC(=O)Cc1cccc(Br)c1.COC(=O)Cc1cccc(N2CCCCC2)c1.O=C(Cc1cccc(N2CCNCC2)c1)Nc1nnc([C@H]2CCC[C@H](c3nnc(NC(=O)Cc4cccc(N5CCNCC5)c4)s3)C2)s1. The van der Waals surface area contributed by atoms with Crippen molar-refractivity contribution >= 4 is 147 Å². The lowest BCUT2D eigenvalue weighted by atomic mass is 9.82. The van der Waals surface area contributed by atoms with Crippen LogP contribution in [-0.4, -0.2) is 215 Å². The van der Waals surface area contributed by atoms with Crippen molar-refractivity contribution in [1.82, 2.24) is 61.2 Å². The first-order valence-corrected chi connectivity index (χ1v) is 52.6. The van der Waals surface area contributed by atoms with Crippen LogP contribution >= 0.6 is 61.3 Å². The summed E-state index contributed by atoms with van der Waals surface area (Å²) in [6, 6.07) is 48.6. The molecule has 9 heterocycles. The second kappa shape index (κ2) is 50.7. The highest BCUT2D eigenvalue weighted by Crippen LogP contribution is 2.46. The number of carbonyl (C=O) groups excluding carboxylic acids is 8. The topological polar surface area (TPSA) is 365 Å². The molecular weight excluding hydrogens is 1900 g/mol. The summed E-state index contributed by atoms with van der Waals surface area (Å²) in [6.07, 6.45) is 16.2. The quantitative estimate of drug-likeness (QED) is 0.0229. The van der Waals surface area contributed by atoms with Crippen LogP contribution in [0.1, 0.15) is 238 Å². The zero-order valence-electron chi connectivity index (χ0n) is 80.8. The van der Waals surface area contributed by atoms with E-state index in [1.54, 1.807) is 9.80 Å². The molecule has 2 aliphatic carbocycles. The van der Waals surface area contributed by atoms with E-state index >= 15 is 0 Å². The van der Waals surface area contributed by atoms with Gasteiger partial charge in [-0.15, -0.1) is 40.8 Å². The molecule has 0 radical (unpaired) electrons. The van der Waals surface area contributed by atoms with Gasteiger partial charge >= 0.3 is 24.1 Å². The number of rotatable bonds is 25. The first-order valence-electron chi connectivity index (χ1n) is 48.6. The highest BCUT2D eigenvalue weighted by Gasteiger charge is 2.35. The van der Waals surface area contributed by atoms with E-state index in [-0.39, 0.29) is 84.3 Å². The zero-order valence-corrected chi connectivity index (χ0v) is 85.6. The average Bonchev–Trinajstić information content (AvgIpc) is 1.39. The van der Waals surface area contributed by atoms with Crippen molar-refractivity contribution in [2.45, 2.75) is 223 Å². The van der Waals surface area contributed by atoms with Crippen molar-refractivity contribution in [3.05, 3.63) is 215 Å². The number of halogens is 1. The van der Waals surface area contributed by atoms with Gasteiger partial charge in [-0.3, -0.25) is 28.8 Å². The molecular formula is C103H130BrN19O12S4. The molecule has 2 saturated carbocycles. The van der Waals surface area contributed by atoms with Crippen LogP contribution in [0.3, 0.4) is 0 Å². The lowest BCUT2D eigenvalue weighted by Gasteiger charge is -2.33. The number of nitrogens with one attached hydrogen (secondary N) is 6. The highest BCUT2D eigenvalue weighted by molar-refractivity contribution is 9.10. The number of carbonyl (C=O) groups is 8. The summed E-state index contributed by atoms with van der Waals surface area (Å²) in [6.45, 7) is 23.9. The predicted octanol–water partition coefficient (Wildman–Crippen LogP) is 18.0. The van der Waals surface area contributed by atoms with Gasteiger partial charge in [-0.25, -0.2) is 9.59 Å². The number of benzene rings is 6. The maximum Gasteiger partial charge on any atom is 0.410 e. The van der Waals surface area contributed by atoms with Crippen molar-refractivity contribution in [1.29, 1.82) is 0 Å². The molecule has 0 bridgehead atoms. The Morgan fingerprint density at radius 2 is 0.640 bits per heavy atom. The molecule has 4 aromatic heterocycles. The van der Waals surface area contributed by atoms with Gasteiger partial charge in [0, 0.05) is 137 Å². The Balaban J connectivity index is 0.000000174. The van der Waals surface area contributed by atoms with Crippen LogP contribution in [0.25, 0.3) is 0 Å². The number of methoxy groups -OCH3 is 2. The van der Waals surface area contributed by atoms with E-state index in [0.29, 0.717) is 84.2 Å². The van der Waals surface area contributed by atoms with Gasteiger partial charge in [0.25, 0.3) is 0 Å². The minimum atomic E-state index is -0.516. The fourth-order valence-electron chi connectivity index (χ4n) is 18.5. The number of likely N-dealkylation sites (tertiary alicyclic amines) is 2. The van der Waals surface area contributed by atoms with Gasteiger partial charge in [-0.05, 0) is 230 Å². The average molecular weight is 2030 g/mol. The zero-order chi connectivity index (χ0) is 97.8. The van der Waals surface area contributed by atoms with Gasteiger partial charge in [0.2, 0.25) is 44.2 Å². The lowest BCUT2D eigenvalue weighted by Crippen LogP contribution is -2.43. The largest absolute Gasteiger partial charge is 0.469 e. The Hall–Kier alpha value is -11.3. The van der Waals surface area contributed by atoms with E-state index in [1.165, 1.54) is 95.6 Å². The fourth-order valence-corrected chi connectivity index (χ4v) is 22.6. The van der Waals surface area contributed by atoms with Crippen LogP contribution in [0.2, 0.25) is 0 Å². The third-order valence-electron chi connectivity index (χ3n) is 25.5. The summed E-state index contributed by atoms with van der Waals surface area (Å²) in [5, 5.41) is 59.6. The third kappa shape index (κ3) is 32.4. The standard InChI is InChI=1S/C46H60N8O6S2.C34H42N10O2S2.C14H19NO2.C9H9BrO2/c1-45(2,3)59-43(57)53-20-16-31(17-21-53)33-12-7-10-29(24-33)26-37(55)47-41-51-49-39(61-41)35-14-9-15-36(28-35)40-50-52-42(62-40)48-38(56)27-30-11-8-13-34(25-30)32-18-22-54(23-19-32)44(58)60-46(4,5)6;45-29(20-23-4-1-8-27(18-23)43-14-10-35-11-15-43)37-33-41-39-31(47-33)25-6-3-7-26(22-25)32-40-42-34(48-32)38-30(46)21-24-5-2-9-28(19-24)44-16-12-36-13-17-44;1-17-14(16)11-12-6-5-7-13(10-12)15-8-3-2-4-9-15;1-12-9(11)6-7-3-2-4-8(10)5-7/h7-8,10-13,24-25,31-32,35-36H,9,14-23,26-28H2,1-6H3,(H,47,51,55)(H,48,52,56);1-2,4-5,8-9,18-19,25-26,35-36H,3,6-7,10-17,20-22H2,(H,37,41,45)(H,38,42,46);5-7,10H,2-4,8-9,11H2,1H3;2-5H,6H2,1H3/t35-,36-;25-,26-;;/m00../s1. The Bertz CT molecular complexity index is 5470. The summed E-state index contributed by atoms with van der Waals surface area (Å²) in [5.74, 6) is 0.643. The molecule has 7 aliphatic rings. The molecule has 36 heteroatoms. The van der Waals surface area contributed by atoms with E-state index in [0.717, 1.165) is 212 Å². The van der Waals surface area contributed by atoms with Gasteiger partial charge < -0.3 is 75.3 Å². The summed E-state index contributed by atoms with van der Waals surface area (Å²) in [5.41, 5.74) is 10.7. The molecule has 740 valence electrons. The lowest BCUT2D eigenvalue weighted by molar-refractivity contribution is -0.140. The molecule has 17 rings (SSSR count). The van der Waals surface area contributed by atoms with Gasteiger partial charge in [-0.1, -0.05) is 171 Å². The molecule has 0 spiro atoms. The first-order chi connectivity index (χ1) is 67.1. The normalized spacial score (nSPS) is 18.2. The van der Waals surface area contributed by atoms with Crippen molar-refractivity contribution in [2.24, 2.45) is 0 Å². The van der Waals surface area contributed by atoms with Crippen LogP contribution in [0, 0.1) is 0 Å². The molecule has 10 aromatic rings. The number of aromatic nitrogens is 8. The summed E-state index contributed by atoms with van der Waals surface area (Å²) >= 11 is 9.10. The van der Waals surface area contributed by atoms with E-state index in [2.05, 4.69) is 173 Å². The van der Waals surface area contributed by atoms with Gasteiger partial charge in [0.05, 0.1) is 52.7 Å². The molecule has 6 amide bonds. The number of amides is 6. The number of piperidine rings is 3. The fraction of sp³-hybridized carbons (Fsp3) is 0.495. The van der Waals surface area contributed by atoms with Gasteiger partial charge in [0.1, 0.15) is 31.2 Å². The predicted molar refractivity (Wildman–Crippen MR) is 550 cm³/mol. The second-order valence-electron chi connectivity index (χ2n) is 38.4. The molecule has 31 nitrogen and oxygen atoms in total. The molecule has 4 atom stereocenters. The number of piperazine rings is 2. The number of hydrogen-bond acceptors (Lipinski definition) is 29. The van der Waals surface area contributed by atoms with Crippen LogP contribution in [0.5, 0.6) is 0 Å². The molecule has 7 fully saturated rings. The van der Waals surface area contributed by atoms with Crippen molar-refractivity contribution in [3.63, 3.8) is 0 Å². The van der Waals surface area contributed by atoms with Crippen LogP contribution in [-0.2, 0) is 86.2 Å². The molecule has 6 N–H and O–H groups in total. The number of anilines is 7. The van der Waals surface area contributed by atoms with Gasteiger partial charge in [0.15, 0.2) is 0 Å². The Morgan fingerprint density at radius 3 is 0.957 bits per heavy atom. The number of ether oxygens (including phenoxy) is 4. The number of hydrogen-bond donors (Lipinski definition) is 6. The molecule has 5 aliphatic heterocycles. The monoisotopic (exact) mass is 2030 g/mol. The Kier molecular flexibility index (Phi) is 37.8. The maximum absolute atomic E-state index is 13.2. The van der Waals surface area contributed by atoms with E-state index in [4.69, 9.17) is 9.47 Å². The summed E-state index contributed by atoms with van der Waals surface area (Å²) in [7, 11) is 2.82. The second-order valence-corrected chi connectivity index (χ2v) is 43.4. The summed E-state index contributed by atoms with van der Waals surface area (Å²) < 4.78 is 21.3. The van der Waals surface area contributed by atoms with E-state index in [9.17, 15) is 38.4 Å². The first kappa shape index (κ1) is 104. The highest BCUT2D eigenvalue weighted by atomic mass is 79.9. The molecule has 0 unspecified atom stereocenters. The molecule has 6 aromatic carbocycles. The Morgan fingerprint density at radius 1 is 0.345 bits per heavy atom. The van der Waals surface area contributed by atoms with E-state index in [1.807, 2.05) is 126 Å². The molecule has 5 saturated heterocycles. The minimum absolute atomic E-state index is 0.0904. The van der Waals surface area contributed by atoms with Crippen molar-refractivity contribution in [3.8, 4) is 0 Å². The summed E-state index contributed by atoms with van der Waals surface area (Å²) in [4.78, 5) is 110. The van der Waals surface area contributed by atoms with Crippen molar-refractivity contribution < 1.29 is 57.3 Å². The maximum atomic E-state index is 13.2. The van der Waals surface area contributed by atoms with Crippen molar-refractivity contribution in [2.75, 3.05) is 142 Å².